The first-order chi connectivity index (χ1) is 26.7. The second kappa shape index (κ2) is 40.1. The number of rotatable bonds is 40. The van der Waals surface area contributed by atoms with E-state index in [0.717, 1.165) is 57.1 Å². The zero-order valence-corrected chi connectivity index (χ0v) is 35.4. The van der Waals surface area contributed by atoms with Crippen LogP contribution in [0, 0.1) is 0 Å². The van der Waals surface area contributed by atoms with Gasteiger partial charge in [0.15, 0.2) is 6.10 Å². The van der Waals surface area contributed by atoms with Crippen LogP contribution in [0.15, 0.2) is 54.6 Å². The van der Waals surface area contributed by atoms with Gasteiger partial charge in [-0.05, 0) is 76.3 Å². The van der Waals surface area contributed by atoms with Gasteiger partial charge in [-0.15, -0.1) is 0 Å². The molecule has 310 valence electrons. The normalized spacial score (nSPS) is 12.1. The van der Waals surface area contributed by atoms with E-state index in [2.05, 4.69) is 43.5 Å². The minimum atomic E-state index is -0.514. The van der Waals surface area contributed by atoms with Crippen molar-refractivity contribution in [2.75, 3.05) is 18.5 Å². The van der Waals surface area contributed by atoms with Gasteiger partial charge in [0.1, 0.15) is 6.61 Å². The quantitative estimate of drug-likeness (QED) is 0.0411. The molecule has 0 aliphatic heterocycles. The predicted molar refractivity (Wildman–Crippen MR) is 233 cm³/mol. The molecule has 0 fully saturated rings. The lowest BCUT2D eigenvalue weighted by molar-refractivity contribution is -0.158. The van der Waals surface area contributed by atoms with Crippen LogP contribution in [0.5, 0.6) is 0 Å². The molecule has 0 radical (unpaired) electrons. The second-order valence-corrected chi connectivity index (χ2v) is 15.6. The number of nitrogens with one attached hydrogen (secondary N) is 1. The SMILES string of the molecule is CCCCCCCCCCCC=CCCCCCCC(=O)OCC(CNc1ccccc1)OC(=O)CCCCCCC=CCCCCCCCCCCC. The number of carbonyl (C=O) groups excluding carboxylic acids is 2. The molecule has 1 atom stereocenters. The lowest BCUT2D eigenvalue weighted by atomic mass is 10.1. The van der Waals surface area contributed by atoms with Crippen molar-refractivity contribution in [3.05, 3.63) is 54.6 Å². The molecular formula is C49H85NO4. The Morgan fingerprint density at radius 1 is 0.500 bits per heavy atom. The zero-order chi connectivity index (χ0) is 38.8. The van der Waals surface area contributed by atoms with Gasteiger partial charge in [0.05, 0.1) is 6.54 Å². The number of hydrogen-bond donors (Lipinski definition) is 1. The first kappa shape index (κ1) is 49.5. The molecule has 5 heteroatoms. The van der Waals surface area contributed by atoms with Gasteiger partial charge < -0.3 is 14.8 Å². The number of esters is 2. The lowest BCUT2D eigenvalue weighted by Crippen LogP contribution is -2.31. The van der Waals surface area contributed by atoms with Crippen LogP contribution >= 0.6 is 0 Å². The van der Waals surface area contributed by atoms with Crippen molar-refractivity contribution in [1.29, 1.82) is 0 Å². The van der Waals surface area contributed by atoms with Gasteiger partial charge in [-0.1, -0.05) is 185 Å². The predicted octanol–water partition coefficient (Wildman–Crippen LogP) is 15.2. The number of benzene rings is 1. The van der Waals surface area contributed by atoms with E-state index in [1.54, 1.807) is 0 Å². The Morgan fingerprint density at radius 2 is 0.870 bits per heavy atom. The van der Waals surface area contributed by atoms with Crippen LogP contribution in [0.3, 0.4) is 0 Å². The molecule has 0 saturated carbocycles. The van der Waals surface area contributed by atoms with Crippen LogP contribution in [0.2, 0.25) is 0 Å². The first-order valence-corrected chi connectivity index (χ1v) is 23.1. The maximum atomic E-state index is 12.7. The number of hydrogen-bond acceptors (Lipinski definition) is 5. The summed E-state index contributed by atoms with van der Waals surface area (Å²) in [6, 6.07) is 9.85. The third kappa shape index (κ3) is 35.2. The van der Waals surface area contributed by atoms with E-state index >= 15 is 0 Å². The van der Waals surface area contributed by atoms with E-state index in [4.69, 9.17) is 9.47 Å². The molecule has 1 N–H and O–H groups in total. The molecule has 0 aliphatic carbocycles. The largest absolute Gasteiger partial charge is 0.462 e. The Morgan fingerprint density at radius 3 is 1.30 bits per heavy atom. The minimum Gasteiger partial charge on any atom is -0.462 e. The maximum absolute atomic E-state index is 12.7. The fourth-order valence-electron chi connectivity index (χ4n) is 6.81. The Bertz CT molecular complexity index is 1010. The molecular weight excluding hydrogens is 667 g/mol. The topological polar surface area (TPSA) is 64.6 Å². The smallest absolute Gasteiger partial charge is 0.306 e. The summed E-state index contributed by atoms with van der Waals surface area (Å²) in [6.07, 6.45) is 47.5. The summed E-state index contributed by atoms with van der Waals surface area (Å²) in [5.41, 5.74) is 0.949. The van der Waals surface area contributed by atoms with Gasteiger partial charge in [0.2, 0.25) is 0 Å². The van der Waals surface area contributed by atoms with E-state index in [-0.39, 0.29) is 18.5 Å². The molecule has 54 heavy (non-hydrogen) atoms. The molecule has 0 amide bonds. The van der Waals surface area contributed by atoms with Crippen LogP contribution in [-0.2, 0) is 19.1 Å². The summed E-state index contributed by atoms with van der Waals surface area (Å²) in [5, 5.41) is 3.32. The lowest BCUT2D eigenvalue weighted by Gasteiger charge is -2.19. The summed E-state index contributed by atoms with van der Waals surface area (Å²) in [6.45, 7) is 5.04. The third-order valence-corrected chi connectivity index (χ3v) is 10.3. The number of unbranched alkanes of at least 4 members (excludes halogenated alkanes) is 26. The highest BCUT2D eigenvalue weighted by Crippen LogP contribution is 2.14. The van der Waals surface area contributed by atoms with E-state index in [1.807, 2.05) is 30.3 Å². The van der Waals surface area contributed by atoms with Crippen molar-refractivity contribution in [3.8, 4) is 0 Å². The van der Waals surface area contributed by atoms with Crippen molar-refractivity contribution in [1.82, 2.24) is 0 Å². The van der Waals surface area contributed by atoms with Crippen molar-refractivity contribution in [3.63, 3.8) is 0 Å². The fourth-order valence-corrected chi connectivity index (χ4v) is 6.81. The molecule has 1 aromatic carbocycles. The van der Waals surface area contributed by atoms with E-state index in [9.17, 15) is 9.59 Å². The standard InChI is InChI=1S/C49H85NO4/c1-3-5-7-9-11-13-15-17-19-21-23-25-27-29-31-33-38-42-48(51)53-45-47(44-50-46-40-36-35-37-41-46)54-49(52)43-39-34-32-30-28-26-24-22-20-18-16-14-12-10-8-6-4-2/h23-26,35-37,40-41,47,50H,3-22,27-34,38-39,42-45H2,1-2H3. The Hall–Kier alpha value is -2.56. The molecule has 0 heterocycles. The number of carbonyl (C=O) groups is 2. The number of ether oxygens (including phenoxy) is 2. The highest BCUT2D eigenvalue weighted by molar-refractivity contribution is 5.70. The van der Waals surface area contributed by atoms with Crippen LogP contribution in [0.1, 0.15) is 219 Å². The maximum Gasteiger partial charge on any atom is 0.306 e. The molecule has 0 aliphatic rings. The van der Waals surface area contributed by atoms with Crippen molar-refractivity contribution >= 4 is 17.6 Å². The van der Waals surface area contributed by atoms with Crippen molar-refractivity contribution in [2.45, 2.75) is 225 Å². The summed E-state index contributed by atoms with van der Waals surface area (Å²) in [4.78, 5) is 25.2. The van der Waals surface area contributed by atoms with Crippen molar-refractivity contribution in [2.24, 2.45) is 0 Å². The van der Waals surface area contributed by atoms with Gasteiger partial charge in [0, 0.05) is 18.5 Å². The van der Waals surface area contributed by atoms with Gasteiger partial charge in [-0.25, -0.2) is 0 Å². The van der Waals surface area contributed by atoms with E-state index in [1.165, 1.54) is 141 Å². The second-order valence-electron chi connectivity index (χ2n) is 15.6. The fraction of sp³-hybridized carbons (Fsp3) is 0.755. The van der Waals surface area contributed by atoms with Gasteiger partial charge in [-0.2, -0.15) is 0 Å². The van der Waals surface area contributed by atoms with Gasteiger partial charge in [-0.3, -0.25) is 9.59 Å². The molecule has 0 bridgehead atoms. The number of para-hydroxylation sites is 1. The molecule has 1 rings (SSSR count). The Labute approximate surface area is 334 Å². The molecule has 1 aromatic rings. The number of anilines is 1. The number of allylic oxidation sites excluding steroid dienone is 4. The van der Waals surface area contributed by atoms with E-state index in [0.29, 0.717) is 19.4 Å². The summed E-state index contributed by atoms with van der Waals surface area (Å²) in [7, 11) is 0. The van der Waals surface area contributed by atoms with Crippen molar-refractivity contribution < 1.29 is 19.1 Å². The summed E-state index contributed by atoms with van der Waals surface area (Å²) >= 11 is 0. The highest BCUT2D eigenvalue weighted by Gasteiger charge is 2.17. The average Bonchev–Trinajstić information content (AvgIpc) is 3.18. The zero-order valence-electron chi connectivity index (χ0n) is 35.4. The molecule has 0 aromatic heterocycles. The molecule has 5 nitrogen and oxygen atoms in total. The first-order valence-electron chi connectivity index (χ1n) is 23.1. The molecule has 0 saturated heterocycles. The van der Waals surface area contributed by atoms with Gasteiger partial charge in [0.25, 0.3) is 0 Å². The molecule has 0 spiro atoms. The monoisotopic (exact) mass is 752 g/mol. The Kier molecular flexibility index (Phi) is 36.7. The minimum absolute atomic E-state index is 0.0829. The Balaban J connectivity index is 2.12. The van der Waals surface area contributed by atoms with Crippen LogP contribution in [0.4, 0.5) is 5.69 Å². The average molecular weight is 752 g/mol. The highest BCUT2D eigenvalue weighted by atomic mass is 16.6. The van der Waals surface area contributed by atoms with E-state index < -0.39 is 6.10 Å². The molecule has 1 unspecified atom stereocenters. The third-order valence-electron chi connectivity index (χ3n) is 10.3. The van der Waals surface area contributed by atoms with Crippen LogP contribution < -0.4 is 5.32 Å². The van der Waals surface area contributed by atoms with Gasteiger partial charge >= 0.3 is 11.9 Å². The summed E-state index contributed by atoms with van der Waals surface area (Å²) in [5.74, 6) is -0.423. The van der Waals surface area contributed by atoms with Crippen LogP contribution in [0.25, 0.3) is 0 Å². The summed E-state index contributed by atoms with van der Waals surface area (Å²) < 4.78 is 11.4. The van der Waals surface area contributed by atoms with Crippen LogP contribution in [-0.4, -0.2) is 31.2 Å².